The monoisotopic (exact) mass is 368 g/mol. The predicted octanol–water partition coefficient (Wildman–Crippen LogP) is 5.99. The van der Waals surface area contributed by atoms with Gasteiger partial charge < -0.3 is 9.47 Å². The first-order chi connectivity index (χ1) is 12.5. The Kier molecular flexibility index (Phi) is 15.1. The average molecular weight is 369 g/mol. The normalized spacial score (nSPS) is 12.1. The molecular weight excluding hydrogens is 328 g/mol. The summed E-state index contributed by atoms with van der Waals surface area (Å²) in [5, 5.41) is 0. The van der Waals surface area contributed by atoms with Crippen molar-refractivity contribution in [3.63, 3.8) is 0 Å². The van der Waals surface area contributed by atoms with E-state index in [1.54, 1.807) is 0 Å². The van der Waals surface area contributed by atoms with Crippen molar-refractivity contribution >= 4 is 11.9 Å². The molecule has 152 valence electrons. The highest BCUT2D eigenvalue weighted by atomic mass is 16.5. The smallest absolute Gasteiger partial charge is 0.334 e. The highest BCUT2D eigenvalue weighted by molar-refractivity contribution is 6.00. The lowest BCUT2D eigenvalue weighted by Crippen LogP contribution is -2.19. The fourth-order valence-electron chi connectivity index (χ4n) is 2.64. The fraction of sp³-hybridized carbons (Fsp3) is 0.818. The molecule has 0 atom stereocenters. The molecule has 0 aliphatic heterocycles. The van der Waals surface area contributed by atoms with Crippen molar-refractivity contribution in [1.29, 1.82) is 0 Å². The Balaban J connectivity index is 5.35. The van der Waals surface area contributed by atoms with Crippen molar-refractivity contribution in [2.75, 3.05) is 13.2 Å². The van der Waals surface area contributed by atoms with E-state index < -0.39 is 0 Å². The second kappa shape index (κ2) is 15.9. The van der Waals surface area contributed by atoms with E-state index in [1.807, 2.05) is 0 Å². The van der Waals surface area contributed by atoms with Crippen LogP contribution in [-0.4, -0.2) is 25.2 Å². The number of hydrogen-bond donors (Lipinski definition) is 0. The van der Waals surface area contributed by atoms with E-state index >= 15 is 0 Å². The van der Waals surface area contributed by atoms with Crippen molar-refractivity contribution < 1.29 is 19.1 Å². The van der Waals surface area contributed by atoms with Gasteiger partial charge in [0.15, 0.2) is 0 Å². The summed E-state index contributed by atoms with van der Waals surface area (Å²) in [7, 11) is 0. The van der Waals surface area contributed by atoms with E-state index in [0.717, 1.165) is 51.4 Å². The summed E-state index contributed by atoms with van der Waals surface area (Å²) in [6.45, 7) is 11.2. The van der Waals surface area contributed by atoms with E-state index in [9.17, 15) is 9.59 Å². The SMILES string of the molecule is CCCCCCC(C(=O)OCCCC)=C(CC(C)C)C(=O)OCCCC. The molecule has 4 heteroatoms. The van der Waals surface area contributed by atoms with Crippen molar-refractivity contribution in [2.24, 2.45) is 5.92 Å². The van der Waals surface area contributed by atoms with Crippen LogP contribution in [0.2, 0.25) is 0 Å². The van der Waals surface area contributed by atoms with Crippen LogP contribution >= 0.6 is 0 Å². The molecule has 0 amide bonds. The number of carbonyl (C=O) groups excluding carboxylic acids is 2. The molecule has 4 nitrogen and oxygen atoms in total. The second-order valence-electron chi connectivity index (χ2n) is 7.34. The third-order valence-electron chi connectivity index (χ3n) is 4.21. The van der Waals surface area contributed by atoms with Gasteiger partial charge in [0.1, 0.15) is 0 Å². The number of ether oxygens (including phenoxy) is 2. The minimum Gasteiger partial charge on any atom is -0.462 e. The van der Waals surface area contributed by atoms with Crippen molar-refractivity contribution in [3.05, 3.63) is 11.1 Å². The van der Waals surface area contributed by atoms with Gasteiger partial charge in [0.25, 0.3) is 0 Å². The average Bonchev–Trinajstić information content (AvgIpc) is 2.60. The van der Waals surface area contributed by atoms with Crippen LogP contribution in [0, 0.1) is 5.92 Å². The predicted molar refractivity (Wildman–Crippen MR) is 107 cm³/mol. The molecule has 0 aromatic rings. The maximum atomic E-state index is 12.7. The number of rotatable bonds is 15. The highest BCUT2D eigenvalue weighted by Gasteiger charge is 2.24. The van der Waals surface area contributed by atoms with Crippen molar-refractivity contribution in [1.82, 2.24) is 0 Å². The van der Waals surface area contributed by atoms with Gasteiger partial charge >= 0.3 is 11.9 Å². The highest BCUT2D eigenvalue weighted by Crippen LogP contribution is 2.23. The molecule has 0 N–H and O–H groups in total. The first kappa shape index (κ1) is 24.7. The van der Waals surface area contributed by atoms with Crippen LogP contribution in [0.3, 0.4) is 0 Å². The molecule has 0 spiro atoms. The first-order valence-corrected chi connectivity index (χ1v) is 10.5. The third-order valence-corrected chi connectivity index (χ3v) is 4.21. The van der Waals surface area contributed by atoms with Gasteiger partial charge in [-0.2, -0.15) is 0 Å². The summed E-state index contributed by atoms with van der Waals surface area (Å²) in [4.78, 5) is 25.3. The van der Waals surface area contributed by atoms with Gasteiger partial charge in [-0.15, -0.1) is 0 Å². The lowest BCUT2D eigenvalue weighted by molar-refractivity contribution is -0.142. The van der Waals surface area contributed by atoms with Gasteiger partial charge in [-0.25, -0.2) is 9.59 Å². The molecule has 0 bridgehead atoms. The second-order valence-corrected chi connectivity index (χ2v) is 7.34. The number of esters is 2. The Morgan fingerprint density at radius 1 is 0.692 bits per heavy atom. The van der Waals surface area contributed by atoms with E-state index in [-0.39, 0.29) is 17.9 Å². The molecular formula is C22H40O4. The van der Waals surface area contributed by atoms with Gasteiger partial charge in [-0.3, -0.25) is 0 Å². The zero-order valence-electron chi connectivity index (χ0n) is 17.7. The Hall–Kier alpha value is -1.32. The molecule has 0 rings (SSSR count). The fourth-order valence-corrected chi connectivity index (χ4v) is 2.64. The Labute approximate surface area is 160 Å². The molecule has 0 aliphatic carbocycles. The minimum absolute atomic E-state index is 0.276. The van der Waals surface area contributed by atoms with Crippen LogP contribution in [0.15, 0.2) is 11.1 Å². The number of carbonyl (C=O) groups is 2. The summed E-state index contributed by atoms with van der Waals surface area (Å²) >= 11 is 0. The van der Waals surface area contributed by atoms with Gasteiger partial charge in [-0.05, 0) is 38.0 Å². The first-order valence-electron chi connectivity index (χ1n) is 10.5. The van der Waals surface area contributed by atoms with Crippen molar-refractivity contribution in [2.45, 2.75) is 98.8 Å². The standard InChI is InChI=1S/C22H40O4/c1-6-9-12-13-14-19(21(23)25-15-10-7-2)20(17-18(4)5)22(24)26-16-11-8-3/h18H,6-17H2,1-5H3. The van der Waals surface area contributed by atoms with E-state index in [0.29, 0.717) is 37.2 Å². The number of unbranched alkanes of at least 4 members (excludes halogenated alkanes) is 5. The van der Waals surface area contributed by atoms with Crippen LogP contribution in [0.5, 0.6) is 0 Å². The molecule has 0 unspecified atom stereocenters. The minimum atomic E-state index is -0.343. The molecule has 0 saturated heterocycles. The molecule has 0 heterocycles. The maximum Gasteiger partial charge on any atom is 0.334 e. The molecule has 0 aromatic carbocycles. The van der Waals surface area contributed by atoms with E-state index in [1.165, 1.54) is 0 Å². The van der Waals surface area contributed by atoms with Crippen molar-refractivity contribution in [3.8, 4) is 0 Å². The number of hydrogen-bond acceptors (Lipinski definition) is 4. The van der Waals surface area contributed by atoms with Gasteiger partial charge in [0.2, 0.25) is 0 Å². The van der Waals surface area contributed by atoms with Crippen LogP contribution in [0.4, 0.5) is 0 Å². The molecule has 0 radical (unpaired) electrons. The summed E-state index contributed by atoms with van der Waals surface area (Å²) < 4.78 is 10.9. The van der Waals surface area contributed by atoms with Gasteiger partial charge in [0, 0.05) is 11.1 Å². The Bertz CT molecular complexity index is 424. The van der Waals surface area contributed by atoms with E-state index in [4.69, 9.17) is 9.47 Å². The summed E-state index contributed by atoms with van der Waals surface area (Å²) in [6, 6.07) is 0. The largest absolute Gasteiger partial charge is 0.462 e. The van der Waals surface area contributed by atoms with Crippen LogP contribution < -0.4 is 0 Å². The summed E-state index contributed by atoms with van der Waals surface area (Å²) in [6.07, 6.45) is 9.00. The van der Waals surface area contributed by atoms with Gasteiger partial charge in [-0.1, -0.05) is 66.7 Å². The zero-order valence-corrected chi connectivity index (χ0v) is 17.7. The summed E-state index contributed by atoms with van der Waals surface area (Å²) in [5.74, 6) is -0.402. The Morgan fingerprint density at radius 3 is 1.65 bits per heavy atom. The molecule has 0 aromatic heterocycles. The lowest BCUT2D eigenvalue weighted by Gasteiger charge is -2.16. The third kappa shape index (κ3) is 11.3. The summed E-state index contributed by atoms with van der Waals surface area (Å²) in [5.41, 5.74) is 1.06. The van der Waals surface area contributed by atoms with Crippen LogP contribution in [0.1, 0.15) is 98.8 Å². The lowest BCUT2D eigenvalue weighted by atomic mass is 9.94. The Morgan fingerprint density at radius 2 is 1.19 bits per heavy atom. The molecule has 0 saturated carbocycles. The molecule has 0 fully saturated rings. The molecule has 0 aliphatic rings. The van der Waals surface area contributed by atoms with Gasteiger partial charge in [0.05, 0.1) is 13.2 Å². The van der Waals surface area contributed by atoms with Crippen LogP contribution in [0.25, 0.3) is 0 Å². The maximum absolute atomic E-state index is 12.7. The quantitative estimate of drug-likeness (QED) is 0.202. The zero-order chi connectivity index (χ0) is 19.8. The van der Waals surface area contributed by atoms with E-state index in [2.05, 4.69) is 34.6 Å². The molecule has 26 heavy (non-hydrogen) atoms. The topological polar surface area (TPSA) is 52.6 Å². The van der Waals surface area contributed by atoms with Crippen LogP contribution in [-0.2, 0) is 19.1 Å².